The first-order chi connectivity index (χ1) is 4.81. The molecule has 0 aromatic carbocycles. The lowest BCUT2D eigenvalue weighted by Crippen LogP contribution is -2.19. The molecule has 2 N–H and O–H groups in total. The van der Waals surface area contributed by atoms with Gasteiger partial charge in [-0.1, -0.05) is 6.92 Å². The first kappa shape index (κ1) is 9.88. The van der Waals surface area contributed by atoms with Gasteiger partial charge < -0.3 is 15.2 Å². The van der Waals surface area contributed by atoms with Gasteiger partial charge in [0, 0.05) is 13.0 Å². The van der Waals surface area contributed by atoms with Gasteiger partial charge in [-0.15, -0.1) is 0 Å². The highest BCUT2D eigenvalue weighted by atomic mass is 16.6. The van der Waals surface area contributed by atoms with Crippen LogP contribution in [0.5, 0.6) is 0 Å². The topological polar surface area (TPSA) is 41.5 Å². The van der Waals surface area contributed by atoms with Gasteiger partial charge in [-0.05, 0) is 20.0 Å². The lowest BCUT2D eigenvalue weighted by atomic mass is 10.4. The van der Waals surface area contributed by atoms with Gasteiger partial charge in [0.1, 0.15) is 0 Å². The number of hydrogen-bond donors (Lipinski definition) is 2. The van der Waals surface area contributed by atoms with E-state index in [1.807, 2.05) is 14.0 Å². The Bertz CT molecular complexity index is 60.6. The van der Waals surface area contributed by atoms with Crippen LogP contribution in [-0.4, -0.2) is 31.6 Å². The molecule has 0 fully saturated rings. The summed E-state index contributed by atoms with van der Waals surface area (Å²) in [7, 11) is 1.85. The molecule has 3 heteroatoms. The van der Waals surface area contributed by atoms with Crippen molar-refractivity contribution in [3.05, 3.63) is 0 Å². The molecule has 0 rings (SSSR count). The molecule has 1 atom stereocenters. The highest BCUT2D eigenvalue weighted by Crippen LogP contribution is 1.93. The molecule has 0 aliphatic heterocycles. The molecule has 0 amide bonds. The molecule has 0 saturated carbocycles. The normalized spacial score (nSPS) is 13.5. The molecule has 62 valence electrons. The molecule has 0 saturated heterocycles. The van der Waals surface area contributed by atoms with Gasteiger partial charge >= 0.3 is 0 Å². The van der Waals surface area contributed by atoms with E-state index in [4.69, 9.17) is 9.84 Å². The van der Waals surface area contributed by atoms with Gasteiger partial charge in [-0.2, -0.15) is 0 Å². The maximum atomic E-state index is 9.05. The highest BCUT2D eigenvalue weighted by molar-refractivity contribution is 4.44. The fourth-order valence-corrected chi connectivity index (χ4v) is 0.605. The van der Waals surface area contributed by atoms with E-state index in [1.165, 1.54) is 0 Å². The average molecular weight is 147 g/mol. The molecule has 0 spiro atoms. The smallest absolute Gasteiger partial charge is 0.155 e. The standard InChI is InChI=1S/C7H17NO2/c1-3-6-10-7(9)4-5-8-2/h7-9H,3-6H2,1-2H3. The van der Waals surface area contributed by atoms with Crippen LogP contribution >= 0.6 is 0 Å². The summed E-state index contributed by atoms with van der Waals surface area (Å²) < 4.78 is 5.01. The van der Waals surface area contributed by atoms with Crippen LogP contribution in [-0.2, 0) is 4.74 Å². The molecule has 0 radical (unpaired) electrons. The summed E-state index contributed by atoms with van der Waals surface area (Å²) in [6.45, 7) is 3.46. The Morgan fingerprint density at radius 1 is 1.60 bits per heavy atom. The number of nitrogens with one attached hydrogen (secondary N) is 1. The predicted octanol–water partition coefficient (Wildman–Crippen LogP) is 0.341. The van der Waals surface area contributed by atoms with Crippen LogP contribution in [0.2, 0.25) is 0 Å². The largest absolute Gasteiger partial charge is 0.368 e. The van der Waals surface area contributed by atoms with Crippen LogP contribution < -0.4 is 5.32 Å². The first-order valence-electron chi connectivity index (χ1n) is 3.75. The SMILES string of the molecule is CCCOC(O)CCNC. The van der Waals surface area contributed by atoms with E-state index >= 15 is 0 Å². The molecule has 0 bridgehead atoms. The van der Waals surface area contributed by atoms with Crippen molar-refractivity contribution in [1.29, 1.82) is 0 Å². The minimum atomic E-state index is -0.590. The van der Waals surface area contributed by atoms with Gasteiger partial charge in [-0.25, -0.2) is 0 Å². The monoisotopic (exact) mass is 147 g/mol. The second-order valence-electron chi connectivity index (χ2n) is 2.22. The predicted molar refractivity (Wildman–Crippen MR) is 40.8 cm³/mol. The van der Waals surface area contributed by atoms with Gasteiger partial charge in [0.05, 0.1) is 0 Å². The molecule has 0 aromatic heterocycles. The zero-order chi connectivity index (χ0) is 7.82. The Hall–Kier alpha value is -0.120. The third-order valence-corrected chi connectivity index (χ3v) is 1.16. The Kier molecular flexibility index (Phi) is 6.91. The van der Waals surface area contributed by atoms with Gasteiger partial charge in [0.2, 0.25) is 0 Å². The van der Waals surface area contributed by atoms with Crippen molar-refractivity contribution in [2.45, 2.75) is 26.1 Å². The number of aliphatic hydroxyl groups is 1. The molecule has 1 unspecified atom stereocenters. The molecule has 0 aromatic rings. The zero-order valence-electron chi connectivity index (χ0n) is 6.76. The number of rotatable bonds is 6. The fourth-order valence-electron chi connectivity index (χ4n) is 0.605. The van der Waals surface area contributed by atoms with E-state index in [9.17, 15) is 0 Å². The molecule has 10 heavy (non-hydrogen) atoms. The van der Waals surface area contributed by atoms with Crippen LogP contribution in [0.15, 0.2) is 0 Å². The van der Waals surface area contributed by atoms with E-state index in [0.717, 1.165) is 13.0 Å². The molecule has 3 nitrogen and oxygen atoms in total. The van der Waals surface area contributed by atoms with Crippen LogP contribution in [0, 0.1) is 0 Å². The van der Waals surface area contributed by atoms with Crippen LogP contribution in [0.4, 0.5) is 0 Å². The lowest BCUT2D eigenvalue weighted by molar-refractivity contribution is -0.102. The Balaban J connectivity index is 3.00. The molecular formula is C7H17NO2. The second-order valence-corrected chi connectivity index (χ2v) is 2.22. The van der Waals surface area contributed by atoms with Crippen LogP contribution in [0.3, 0.4) is 0 Å². The van der Waals surface area contributed by atoms with Gasteiger partial charge in [-0.3, -0.25) is 0 Å². The highest BCUT2D eigenvalue weighted by Gasteiger charge is 2.00. The van der Waals surface area contributed by atoms with Crippen molar-refractivity contribution in [2.75, 3.05) is 20.2 Å². The molecular weight excluding hydrogens is 130 g/mol. The number of aliphatic hydroxyl groups excluding tert-OH is 1. The van der Waals surface area contributed by atoms with E-state index < -0.39 is 6.29 Å². The quantitative estimate of drug-likeness (QED) is 0.532. The maximum Gasteiger partial charge on any atom is 0.155 e. The summed E-state index contributed by atoms with van der Waals surface area (Å²) in [6, 6.07) is 0. The summed E-state index contributed by atoms with van der Waals surface area (Å²) in [4.78, 5) is 0. The van der Waals surface area contributed by atoms with Gasteiger partial charge in [0.15, 0.2) is 6.29 Å². The Labute approximate surface area is 62.4 Å². The van der Waals surface area contributed by atoms with Gasteiger partial charge in [0.25, 0.3) is 0 Å². The van der Waals surface area contributed by atoms with E-state index in [-0.39, 0.29) is 0 Å². The van der Waals surface area contributed by atoms with Crippen molar-refractivity contribution in [2.24, 2.45) is 0 Å². The first-order valence-corrected chi connectivity index (χ1v) is 3.75. The maximum absolute atomic E-state index is 9.05. The molecule has 0 heterocycles. The van der Waals surface area contributed by atoms with Crippen molar-refractivity contribution < 1.29 is 9.84 Å². The van der Waals surface area contributed by atoms with Crippen LogP contribution in [0.1, 0.15) is 19.8 Å². The summed E-state index contributed by atoms with van der Waals surface area (Å²) in [5.74, 6) is 0. The van der Waals surface area contributed by atoms with E-state index in [0.29, 0.717) is 13.0 Å². The molecule has 0 aliphatic rings. The van der Waals surface area contributed by atoms with Crippen molar-refractivity contribution in [3.8, 4) is 0 Å². The fraction of sp³-hybridized carbons (Fsp3) is 1.00. The minimum absolute atomic E-state index is 0.590. The summed E-state index contributed by atoms with van der Waals surface area (Å²) in [5.41, 5.74) is 0. The zero-order valence-corrected chi connectivity index (χ0v) is 6.76. The summed E-state index contributed by atoms with van der Waals surface area (Å²) >= 11 is 0. The second kappa shape index (κ2) is 6.99. The average Bonchev–Trinajstić information content (AvgIpc) is 1.97. The number of hydrogen-bond acceptors (Lipinski definition) is 3. The Morgan fingerprint density at radius 3 is 2.80 bits per heavy atom. The summed E-state index contributed by atoms with van der Waals surface area (Å²) in [5, 5.41) is 12.0. The third-order valence-electron chi connectivity index (χ3n) is 1.16. The molecule has 0 aliphatic carbocycles. The minimum Gasteiger partial charge on any atom is -0.368 e. The Morgan fingerprint density at radius 2 is 2.30 bits per heavy atom. The lowest BCUT2D eigenvalue weighted by Gasteiger charge is -2.09. The summed E-state index contributed by atoms with van der Waals surface area (Å²) in [6.07, 6.45) is 1.03. The third kappa shape index (κ3) is 6.01. The van der Waals surface area contributed by atoms with E-state index in [2.05, 4.69) is 5.32 Å². The van der Waals surface area contributed by atoms with Crippen molar-refractivity contribution >= 4 is 0 Å². The van der Waals surface area contributed by atoms with Crippen molar-refractivity contribution in [1.82, 2.24) is 5.32 Å². The van der Waals surface area contributed by atoms with Crippen LogP contribution in [0.25, 0.3) is 0 Å². The van der Waals surface area contributed by atoms with Crippen molar-refractivity contribution in [3.63, 3.8) is 0 Å². The number of ether oxygens (including phenoxy) is 1. The van der Waals surface area contributed by atoms with E-state index in [1.54, 1.807) is 0 Å².